The molecule has 1 aromatic carbocycles. The van der Waals surface area contributed by atoms with Crippen LogP contribution >= 0.6 is 35.6 Å². The van der Waals surface area contributed by atoms with Gasteiger partial charge in [-0.1, -0.05) is 23.2 Å². The lowest BCUT2D eigenvalue weighted by molar-refractivity contribution is 0.0981. The Morgan fingerprint density at radius 1 is 1.05 bits per heavy atom. The molecule has 2 aliphatic heterocycles. The fraction of sp³-hybridized carbons (Fsp3) is 0.600. The van der Waals surface area contributed by atoms with E-state index in [1.165, 1.54) is 31.6 Å². The van der Waals surface area contributed by atoms with E-state index in [1.54, 1.807) is 6.07 Å². The van der Waals surface area contributed by atoms with Gasteiger partial charge in [-0.05, 0) is 36.7 Å². The van der Waals surface area contributed by atoms with Gasteiger partial charge < -0.3 is 5.32 Å². The molecule has 0 bridgehead atoms. The molecule has 2 saturated heterocycles. The van der Waals surface area contributed by atoms with Crippen molar-refractivity contribution in [3.63, 3.8) is 0 Å². The molecule has 1 atom stereocenters. The van der Waals surface area contributed by atoms with Crippen molar-refractivity contribution in [2.75, 3.05) is 39.3 Å². The minimum absolute atomic E-state index is 0. The lowest BCUT2D eigenvalue weighted by atomic mass is 10.1. The van der Waals surface area contributed by atoms with Crippen molar-refractivity contribution in [2.24, 2.45) is 0 Å². The van der Waals surface area contributed by atoms with E-state index in [2.05, 4.69) is 15.1 Å². The molecule has 1 N–H and O–H groups in total. The summed E-state index contributed by atoms with van der Waals surface area (Å²) in [4.78, 5) is 5.11. The van der Waals surface area contributed by atoms with Crippen molar-refractivity contribution in [3.05, 3.63) is 33.8 Å². The van der Waals surface area contributed by atoms with E-state index in [0.29, 0.717) is 0 Å². The van der Waals surface area contributed by atoms with Crippen LogP contribution in [0, 0.1) is 0 Å². The predicted octanol–water partition coefficient (Wildman–Crippen LogP) is 2.89. The van der Waals surface area contributed by atoms with Gasteiger partial charge in [0.1, 0.15) is 0 Å². The maximum atomic E-state index is 6.06. The second-order valence-electron chi connectivity index (χ2n) is 5.74. The summed E-state index contributed by atoms with van der Waals surface area (Å²) < 4.78 is 0. The molecule has 0 saturated carbocycles. The number of piperazine rings is 1. The summed E-state index contributed by atoms with van der Waals surface area (Å²) in [6.45, 7) is 7.86. The van der Waals surface area contributed by atoms with Gasteiger partial charge in [-0.3, -0.25) is 9.80 Å². The number of benzene rings is 1. The van der Waals surface area contributed by atoms with Crippen LogP contribution in [0.4, 0.5) is 0 Å². The highest BCUT2D eigenvalue weighted by Gasteiger charge is 2.25. The Kier molecular flexibility index (Phi) is 6.60. The first kappa shape index (κ1) is 17.3. The lowest BCUT2D eigenvalue weighted by Crippen LogP contribution is -2.50. The van der Waals surface area contributed by atoms with E-state index in [1.807, 2.05) is 12.1 Å². The molecule has 2 fully saturated rings. The molecule has 0 spiro atoms. The van der Waals surface area contributed by atoms with E-state index in [-0.39, 0.29) is 12.4 Å². The van der Waals surface area contributed by atoms with E-state index >= 15 is 0 Å². The molecule has 118 valence electrons. The van der Waals surface area contributed by atoms with Gasteiger partial charge in [0, 0.05) is 55.4 Å². The first-order valence-electron chi connectivity index (χ1n) is 7.33. The quantitative estimate of drug-likeness (QED) is 0.904. The van der Waals surface area contributed by atoms with Crippen LogP contribution in [-0.4, -0.2) is 55.1 Å². The van der Waals surface area contributed by atoms with Crippen LogP contribution in [0.1, 0.15) is 12.0 Å². The molecule has 6 heteroatoms. The average molecular weight is 351 g/mol. The van der Waals surface area contributed by atoms with Crippen molar-refractivity contribution in [1.82, 2.24) is 15.1 Å². The van der Waals surface area contributed by atoms with Crippen LogP contribution in [0.3, 0.4) is 0 Å². The van der Waals surface area contributed by atoms with E-state index in [9.17, 15) is 0 Å². The fourth-order valence-electron chi connectivity index (χ4n) is 3.20. The molecule has 0 aliphatic carbocycles. The molecule has 3 rings (SSSR count). The Bertz CT molecular complexity index is 435. The van der Waals surface area contributed by atoms with E-state index in [0.717, 1.165) is 42.3 Å². The monoisotopic (exact) mass is 349 g/mol. The third-order valence-corrected chi connectivity index (χ3v) is 4.72. The van der Waals surface area contributed by atoms with Crippen molar-refractivity contribution in [2.45, 2.75) is 19.0 Å². The zero-order chi connectivity index (χ0) is 13.9. The standard InChI is InChI=1S/C15H21Cl2N3.ClH/c16-13-7-12(8-14(17)9-13)11-19-3-5-20(6-4-19)15-1-2-18-10-15;/h7-9,15,18H,1-6,10-11H2;1H. The van der Waals surface area contributed by atoms with Crippen molar-refractivity contribution >= 4 is 35.6 Å². The first-order chi connectivity index (χ1) is 9.70. The minimum atomic E-state index is 0. The molecule has 0 radical (unpaired) electrons. The van der Waals surface area contributed by atoms with E-state index < -0.39 is 0 Å². The minimum Gasteiger partial charge on any atom is -0.315 e. The summed E-state index contributed by atoms with van der Waals surface area (Å²) >= 11 is 12.1. The summed E-state index contributed by atoms with van der Waals surface area (Å²) in [5, 5.41) is 4.90. The molecule has 2 aliphatic rings. The highest BCUT2D eigenvalue weighted by atomic mass is 35.5. The Morgan fingerprint density at radius 3 is 2.29 bits per heavy atom. The Morgan fingerprint density at radius 2 is 1.71 bits per heavy atom. The van der Waals surface area contributed by atoms with Gasteiger partial charge in [0.15, 0.2) is 0 Å². The normalized spacial score (nSPS) is 24.0. The second kappa shape index (κ2) is 8.00. The number of nitrogens with zero attached hydrogens (tertiary/aromatic N) is 2. The first-order valence-corrected chi connectivity index (χ1v) is 8.08. The summed E-state index contributed by atoms with van der Waals surface area (Å²) in [6, 6.07) is 6.57. The topological polar surface area (TPSA) is 18.5 Å². The van der Waals surface area contributed by atoms with Crippen LogP contribution in [0.25, 0.3) is 0 Å². The Hall–Kier alpha value is -0.0300. The molecular weight excluding hydrogens is 329 g/mol. The SMILES string of the molecule is Cl.Clc1cc(Cl)cc(CN2CCN(C3CCNC3)CC2)c1. The van der Waals surface area contributed by atoms with Gasteiger partial charge in [-0.15, -0.1) is 12.4 Å². The zero-order valence-corrected chi connectivity index (χ0v) is 14.4. The Balaban J connectivity index is 0.00000161. The maximum absolute atomic E-state index is 6.06. The molecular formula is C15H22Cl3N3. The number of nitrogens with one attached hydrogen (secondary N) is 1. The highest BCUT2D eigenvalue weighted by molar-refractivity contribution is 6.34. The van der Waals surface area contributed by atoms with Crippen molar-refractivity contribution in [3.8, 4) is 0 Å². The third-order valence-electron chi connectivity index (χ3n) is 4.29. The summed E-state index contributed by atoms with van der Waals surface area (Å²) in [6.07, 6.45) is 1.30. The number of halogens is 3. The summed E-state index contributed by atoms with van der Waals surface area (Å²) in [5.74, 6) is 0. The smallest absolute Gasteiger partial charge is 0.0424 e. The number of hydrogen-bond acceptors (Lipinski definition) is 3. The van der Waals surface area contributed by atoms with Gasteiger partial charge in [0.05, 0.1) is 0 Å². The molecule has 2 heterocycles. The van der Waals surface area contributed by atoms with Crippen LogP contribution in [-0.2, 0) is 6.54 Å². The van der Waals surface area contributed by atoms with Gasteiger partial charge in [0.25, 0.3) is 0 Å². The number of rotatable bonds is 3. The predicted molar refractivity (Wildman–Crippen MR) is 91.8 cm³/mol. The Labute approximate surface area is 143 Å². The highest BCUT2D eigenvalue weighted by Crippen LogP contribution is 2.21. The second-order valence-corrected chi connectivity index (χ2v) is 6.61. The molecule has 1 aromatic rings. The van der Waals surface area contributed by atoms with Crippen molar-refractivity contribution < 1.29 is 0 Å². The summed E-state index contributed by atoms with van der Waals surface area (Å²) in [7, 11) is 0. The molecule has 0 amide bonds. The van der Waals surface area contributed by atoms with Crippen LogP contribution in [0.15, 0.2) is 18.2 Å². The van der Waals surface area contributed by atoms with Gasteiger partial charge in [0.2, 0.25) is 0 Å². The molecule has 3 nitrogen and oxygen atoms in total. The molecule has 0 aromatic heterocycles. The van der Waals surface area contributed by atoms with Crippen LogP contribution < -0.4 is 5.32 Å². The maximum Gasteiger partial charge on any atom is 0.0424 e. The number of hydrogen-bond donors (Lipinski definition) is 1. The zero-order valence-electron chi connectivity index (χ0n) is 12.0. The fourth-order valence-corrected chi connectivity index (χ4v) is 3.77. The lowest BCUT2D eigenvalue weighted by Gasteiger charge is -2.37. The largest absolute Gasteiger partial charge is 0.315 e. The van der Waals surface area contributed by atoms with Gasteiger partial charge >= 0.3 is 0 Å². The molecule has 1 unspecified atom stereocenters. The van der Waals surface area contributed by atoms with Gasteiger partial charge in [-0.25, -0.2) is 0 Å². The van der Waals surface area contributed by atoms with Gasteiger partial charge in [-0.2, -0.15) is 0 Å². The average Bonchev–Trinajstić information content (AvgIpc) is 2.92. The van der Waals surface area contributed by atoms with Crippen LogP contribution in [0.5, 0.6) is 0 Å². The third kappa shape index (κ3) is 4.72. The summed E-state index contributed by atoms with van der Waals surface area (Å²) in [5.41, 5.74) is 1.21. The van der Waals surface area contributed by atoms with Crippen LogP contribution in [0.2, 0.25) is 10.0 Å². The van der Waals surface area contributed by atoms with Crippen molar-refractivity contribution in [1.29, 1.82) is 0 Å². The van der Waals surface area contributed by atoms with E-state index in [4.69, 9.17) is 23.2 Å². The molecule has 21 heavy (non-hydrogen) atoms.